The molecule has 1 aliphatic rings. The number of hydrogen-bond donors (Lipinski definition) is 2. The number of nitrogens with one attached hydrogen (secondary N) is 1. The Labute approximate surface area is 131 Å². The van der Waals surface area contributed by atoms with Gasteiger partial charge >= 0.3 is 0 Å². The molecule has 1 atom stereocenters. The second-order valence-corrected chi connectivity index (χ2v) is 6.29. The fourth-order valence-corrected chi connectivity index (χ4v) is 2.71. The molecule has 22 heavy (non-hydrogen) atoms. The lowest BCUT2D eigenvalue weighted by Crippen LogP contribution is -2.50. The summed E-state index contributed by atoms with van der Waals surface area (Å²) in [6.07, 6.45) is 3.66. The van der Waals surface area contributed by atoms with E-state index in [-0.39, 0.29) is 17.9 Å². The number of rotatable bonds is 5. The predicted octanol–water partition coefficient (Wildman–Crippen LogP) is 1.37. The van der Waals surface area contributed by atoms with Crippen molar-refractivity contribution >= 4 is 11.8 Å². The minimum atomic E-state index is -0.456. The number of nitrogens with zero attached hydrogens (tertiary/aromatic N) is 1. The third-order valence-corrected chi connectivity index (χ3v) is 3.92. The van der Waals surface area contributed by atoms with E-state index in [0.29, 0.717) is 31.2 Å². The van der Waals surface area contributed by atoms with Crippen molar-refractivity contribution in [3.8, 4) is 0 Å². The first-order valence-corrected chi connectivity index (χ1v) is 7.86. The Hall–Kier alpha value is -1.82. The van der Waals surface area contributed by atoms with E-state index in [0.717, 1.165) is 12.8 Å². The highest BCUT2D eigenvalue weighted by molar-refractivity contribution is 5.91. The van der Waals surface area contributed by atoms with Gasteiger partial charge in [-0.2, -0.15) is 0 Å². The number of carbonyl (C=O) groups is 2. The summed E-state index contributed by atoms with van der Waals surface area (Å²) in [5, 5.41) is 2.99. The minimum Gasteiger partial charge on any atom is -0.459 e. The quantitative estimate of drug-likeness (QED) is 0.860. The standard InChI is InChI=1S/C16H25N3O3/c1-11(2)10-13(17)15(20)18-12-5-7-19(8-6-12)16(21)14-4-3-9-22-14/h3-4,9,11-13H,5-8,10,17H2,1-2H3,(H,18,20)/t13-/m0/s1. The van der Waals surface area contributed by atoms with E-state index in [1.165, 1.54) is 6.26 Å². The van der Waals surface area contributed by atoms with Crippen LogP contribution in [0.5, 0.6) is 0 Å². The first kappa shape index (κ1) is 16.5. The highest BCUT2D eigenvalue weighted by Gasteiger charge is 2.27. The Kier molecular flexibility index (Phi) is 5.60. The number of nitrogens with two attached hydrogens (primary N) is 1. The molecule has 0 aromatic carbocycles. The molecule has 0 saturated carbocycles. The average Bonchev–Trinajstić information content (AvgIpc) is 3.00. The summed E-state index contributed by atoms with van der Waals surface area (Å²) in [4.78, 5) is 25.9. The number of likely N-dealkylation sites (tertiary alicyclic amines) is 1. The van der Waals surface area contributed by atoms with Gasteiger partial charge in [0.2, 0.25) is 5.91 Å². The molecule has 0 bridgehead atoms. The molecule has 3 N–H and O–H groups in total. The fraction of sp³-hybridized carbons (Fsp3) is 0.625. The lowest BCUT2D eigenvalue weighted by molar-refractivity contribution is -0.123. The molecule has 1 aromatic rings. The van der Waals surface area contributed by atoms with Crippen LogP contribution in [-0.2, 0) is 4.79 Å². The molecule has 2 rings (SSSR count). The van der Waals surface area contributed by atoms with Gasteiger partial charge in [-0.25, -0.2) is 0 Å². The molecular formula is C16H25N3O3. The number of piperidine rings is 1. The van der Waals surface area contributed by atoms with Crippen molar-refractivity contribution in [3.05, 3.63) is 24.2 Å². The normalized spacial score (nSPS) is 17.5. The number of amides is 2. The summed E-state index contributed by atoms with van der Waals surface area (Å²) in [6, 6.07) is 3.01. The largest absolute Gasteiger partial charge is 0.459 e. The zero-order chi connectivity index (χ0) is 16.1. The second-order valence-electron chi connectivity index (χ2n) is 6.29. The first-order chi connectivity index (χ1) is 10.5. The summed E-state index contributed by atoms with van der Waals surface area (Å²) in [5.74, 6) is 0.575. The molecule has 2 amide bonds. The van der Waals surface area contributed by atoms with E-state index in [2.05, 4.69) is 5.32 Å². The van der Waals surface area contributed by atoms with E-state index in [4.69, 9.17) is 10.2 Å². The van der Waals surface area contributed by atoms with Gasteiger partial charge in [-0.1, -0.05) is 13.8 Å². The Morgan fingerprint density at radius 2 is 2.09 bits per heavy atom. The van der Waals surface area contributed by atoms with Crippen molar-refractivity contribution in [3.63, 3.8) is 0 Å². The topological polar surface area (TPSA) is 88.6 Å². The average molecular weight is 307 g/mol. The molecule has 1 fully saturated rings. The summed E-state index contributed by atoms with van der Waals surface area (Å²) in [5.41, 5.74) is 5.89. The summed E-state index contributed by atoms with van der Waals surface area (Å²) >= 11 is 0. The molecule has 2 heterocycles. The molecule has 1 aliphatic heterocycles. The lowest BCUT2D eigenvalue weighted by Gasteiger charge is -2.32. The molecule has 0 unspecified atom stereocenters. The number of carbonyl (C=O) groups excluding carboxylic acids is 2. The van der Waals surface area contributed by atoms with Crippen LogP contribution in [0.15, 0.2) is 22.8 Å². The van der Waals surface area contributed by atoms with E-state index >= 15 is 0 Å². The van der Waals surface area contributed by atoms with Gasteiger partial charge < -0.3 is 20.4 Å². The third-order valence-electron chi connectivity index (χ3n) is 3.92. The van der Waals surface area contributed by atoms with Crippen LogP contribution in [0.3, 0.4) is 0 Å². The maximum absolute atomic E-state index is 12.1. The van der Waals surface area contributed by atoms with Crippen LogP contribution in [0.1, 0.15) is 43.7 Å². The molecule has 6 heteroatoms. The van der Waals surface area contributed by atoms with Gasteiger partial charge in [0.1, 0.15) is 0 Å². The van der Waals surface area contributed by atoms with E-state index in [1.54, 1.807) is 17.0 Å². The fourth-order valence-electron chi connectivity index (χ4n) is 2.71. The molecule has 0 radical (unpaired) electrons. The van der Waals surface area contributed by atoms with Gasteiger partial charge in [0.15, 0.2) is 5.76 Å². The van der Waals surface area contributed by atoms with E-state index in [9.17, 15) is 9.59 Å². The van der Waals surface area contributed by atoms with Crippen molar-refractivity contribution in [1.29, 1.82) is 0 Å². The molecule has 0 aliphatic carbocycles. The van der Waals surface area contributed by atoms with Crippen LogP contribution >= 0.6 is 0 Å². The summed E-state index contributed by atoms with van der Waals surface area (Å²) < 4.78 is 5.13. The predicted molar refractivity (Wildman–Crippen MR) is 83.2 cm³/mol. The van der Waals surface area contributed by atoms with Crippen molar-refractivity contribution < 1.29 is 14.0 Å². The smallest absolute Gasteiger partial charge is 0.289 e. The van der Waals surface area contributed by atoms with Crippen LogP contribution in [0.4, 0.5) is 0 Å². The maximum atomic E-state index is 12.1. The lowest BCUT2D eigenvalue weighted by atomic mass is 10.0. The first-order valence-electron chi connectivity index (χ1n) is 7.86. The molecule has 6 nitrogen and oxygen atoms in total. The van der Waals surface area contributed by atoms with Crippen LogP contribution in [0.2, 0.25) is 0 Å². The van der Waals surface area contributed by atoms with Crippen LogP contribution in [0, 0.1) is 5.92 Å². The van der Waals surface area contributed by atoms with E-state index in [1.807, 2.05) is 13.8 Å². The van der Waals surface area contributed by atoms with Gasteiger partial charge in [-0.3, -0.25) is 9.59 Å². The Morgan fingerprint density at radius 3 is 2.64 bits per heavy atom. The second kappa shape index (κ2) is 7.45. The zero-order valence-corrected chi connectivity index (χ0v) is 13.2. The minimum absolute atomic E-state index is 0.0892. The van der Waals surface area contributed by atoms with Gasteiger partial charge in [0.05, 0.1) is 12.3 Å². The number of furan rings is 1. The van der Waals surface area contributed by atoms with Crippen LogP contribution in [-0.4, -0.2) is 41.9 Å². The van der Waals surface area contributed by atoms with Crippen molar-refractivity contribution in [2.24, 2.45) is 11.7 Å². The molecule has 122 valence electrons. The van der Waals surface area contributed by atoms with Gasteiger partial charge in [-0.15, -0.1) is 0 Å². The monoisotopic (exact) mass is 307 g/mol. The Morgan fingerprint density at radius 1 is 1.41 bits per heavy atom. The summed E-state index contributed by atoms with van der Waals surface area (Å²) in [6.45, 7) is 5.32. The molecule has 1 aromatic heterocycles. The van der Waals surface area contributed by atoms with Gasteiger partial charge in [0.25, 0.3) is 5.91 Å². The van der Waals surface area contributed by atoms with Crippen LogP contribution in [0.25, 0.3) is 0 Å². The van der Waals surface area contributed by atoms with Crippen LogP contribution < -0.4 is 11.1 Å². The SMILES string of the molecule is CC(C)C[C@H](N)C(=O)NC1CCN(C(=O)c2ccco2)CC1. The van der Waals surface area contributed by atoms with Gasteiger partial charge in [-0.05, 0) is 37.3 Å². The Balaban J connectivity index is 1.77. The molecular weight excluding hydrogens is 282 g/mol. The molecule has 1 saturated heterocycles. The van der Waals surface area contributed by atoms with Gasteiger partial charge in [0, 0.05) is 19.1 Å². The third kappa shape index (κ3) is 4.34. The zero-order valence-electron chi connectivity index (χ0n) is 13.2. The summed E-state index contributed by atoms with van der Waals surface area (Å²) in [7, 11) is 0. The maximum Gasteiger partial charge on any atom is 0.289 e. The Bertz CT molecular complexity index is 491. The van der Waals surface area contributed by atoms with Crippen molar-refractivity contribution in [1.82, 2.24) is 10.2 Å². The molecule has 0 spiro atoms. The highest BCUT2D eigenvalue weighted by atomic mass is 16.3. The number of hydrogen-bond acceptors (Lipinski definition) is 4. The van der Waals surface area contributed by atoms with Crippen molar-refractivity contribution in [2.45, 2.75) is 45.2 Å². The van der Waals surface area contributed by atoms with Crippen molar-refractivity contribution in [2.75, 3.05) is 13.1 Å². The van der Waals surface area contributed by atoms with E-state index < -0.39 is 6.04 Å². The highest BCUT2D eigenvalue weighted by Crippen LogP contribution is 2.15.